The summed E-state index contributed by atoms with van der Waals surface area (Å²) in [7, 11) is 0. The fourth-order valence-electron chi connectivity index (χ4n) is 1.08. The second-order valence-corrected chi connectivity index (χ2v) is 2.62. The number of aromatic nitrogens is 1. The van der Waals surface area contributed by atoms with Gasteiger partial charge in [0.1, 0.15) is 5.56 Å². The minimum absolute atomic E-state index is 0.438. The van der Waals surface area contributed by atoms with Gasteiger partial charge in [-0.3, -0.25) is 10.1 Å². The Morgan fingerprint density at radius 3 is 2.50 bits per heavy atom. The third kappa shape index (κ3) is 1.87. The Labute approximate surface area is 86.1 Å². The van der Waals surface area contributed by atoms with Crippen molar-refractivity contribution in [1.29, 1.82) is 0 Å². The molecule has 1 rings (SSSR count). The predicted octanol–water partition coefficient (Wildman–Crippen LogP) is 1.33. The number of pyridine rings is 1. The monoisotopic (exact) mass is 234 g/mol. The summed E-state index contributed by atoms with van der Waals surface area (Å²) >= 11 is 0. The van der Waals surface area contributed by atoms with Gasteiger partial charge in [0.2, 0.25) is 5.75 Å². The Kier molecular flexibility index (Phi) is 2.97. The van der Waals surface area contributed by atoms with E-state index in [2.05, 4.69) is 4.98 Å². The van der Waals surface area contributed by atoms with Gasteiger partial charge in [0, 0.05) is 0 Å². The minimum Gasteiger partial charge on any atom is -0.501 e. The van der Waals surface area contributed by atoms with Crippen LogP contribution in [0.4, 0.5) is 14.5 Å². The molecule has 0 unspecified atom stereocenters. The fourth-order valence-corrected chi connectivity index (χ4v) is 1.08. The SMILES string of the molecule is O=C(O)c1ncc(O)c([N+](=O)[O-])c1C(F)F. The van der Waals surface area contributed by atoms with Crippen LogP contribution in [0.15, 0.2) is 6.20 Å². The fraction of sp³-hybridized carbons (Fsp3) is 0.143. The van der Waals surface area contributed by atoms with Crippen LogP contribution in [0.25, 0.3) is 0 Å². The lowest BCUT2D eigenvalue weighted by Crippen LogP contribution is -2.09. The summed E-state index contributed by atoms with van der Waals surface area (Å²) in [6, 6.07) is 0. The molecule has 0 aromatic carbocycles. The van der Waals surface area contributed by atoms with Gasteiger partial charge in [-0.1, -0.05) is 0 Å². The highest BCUT2D eigenvalue weighted by Gasteiger charge is 2.33. The van der Waals surface area contributed by atoms with E-state index in [-0.39, 0.29) is 0 Å². The third-order valence-corrected chi connectivity index (χ3v) is 1.67. The van der Waals surface area contributed by atoms with Crippen molar-refractivity contribution in [2.75, 3.05) is 0 Å². The number of aromatic carboxylic acids is 1. The summed E-state index contributed by atoms with van der Waals surface area (Å²) < 4.78 is 24.9. The Hall–Kier alpha value is -2.32. The van der Waals surface area contributed by atoms with Crippen LogP contribution in [0.1, 0.15) is 22.5 Å². The number of nitro groups is 1. The molecule has 1 aromatic heterocycles. The number of carboxylic acids is 1. The standard InChI is InChI=1S/C7H4F2N2O5/c8-6(9)3-4(7(13)14)10-1-2(12)5(3)11(15)16/h1,6,12H,(H,13,14). The Balaban J connectivity index is 3.63. The molecule has 9 heteroatoms. The lowest BCUT2D eigenvalue weighted by molar-refractivity contribution is -0.387. The smallest absolute Gasteiger partial charge is 0.355 e. The first kappa shape index (κ1) is 11.8. The topological polar surface area (TPSA) is 114 Å². The highest BCUT2D eigenvalue weighted by atomic mass is 19.3. The van der Waals surface area contributed by atoms with Crippen LogP contribution < -0.4 is 0 Å². The molecular weight excluding hydrogens is 230 g/mol. The van der Waals surface area contributed by atoms with E-state index in [0.29, 0.717) is 6.20 Å². The van der Waals surface area contributed by atoms with E-state index in [1.54, 1.807) is 0 Å². The molecule has 0 saturated carbocycles. The van der Waals surface area contributed by atoms with Crippen molar-refractivity contribution >= 4 is 11.7 Å². The first-order valence-corrected chi connectivity index (χ1v) is 3.74. The molecule has 0 amide bonds. The summed E-state index contributed by atoms with van der Waals surface area (Å²) in [5.41, 5.74) is -3.90. The molecule has 16 heavy (non-hydrogen) atoms. The van der Waals surface area contributed by atoms with Crippen LogP contribution in [0, 0.1) is 10.1 Å². The molecule has 0 atom stereocenters. The van der Waals surface area contributed by atoms with Gasteiger partial charge in [0.05, 0.1) is 11.1 Å². The summed E-state index contributed by atoms with van der Waals surface area (Å²) in [6.45, 7) is 0. The van der Waals surface area contributed by atoms with Crippen molar-refractivity contribution in [2.45, 2.75) is 6.43 Å². The van der Waals surface area contributed by atoms with Gasteiger partial charge in [-0.25, -0.2) is 18.6 Å². The van der Waals surface area contributed by atoms with Crippen LogP contribution in [-0.2, 0) is 0 Å². The van der Waals surface area contributed by atoms with E-state index in [1.807, 2.05) is 0 Å². The molecule has 0 bridgehead atoms. The van der Waals surface area contributed by atoms with Crippen LogP contribution in [0.3, 0.4) is 0 Å². The summed E-state index contributed by atoms with van der Waals surface area (Å²) in [5, 5.41) is 27.9. The molecule has 0 saturated heterocycles. The maximum absolute atomic E-state index is 12.5. The number of nitrogens with zero attached hydrogens (tertiary/aromatic N) is 2. The molecule has 86 valence electrons. The number of aromatic hydroxyl groups is 1. The van der Waals surface area contributed by atoms with E-state index >= 15 is 0 Å². The molecular formula is C7H4F2N2O5. The molecule has 0 aliphatic heterocycles. The molecule has 7 nitrogen and oxygen atoms in total. The highest BCUT2D eigenvalue weighted by molar-refractivity contribution is 5.89. The van der Waals surface area contributed by atoms with Gasteiger partial charge in [-0.2, -0.15) is 0 Å². The predicted molar refractivity (Wildman–Crippen MR) is 44.5 cm³/mol. The van der Waals surface area contributed by atoms with E-state index in [0.717, 1.165) is 0 Å². The van der Waals surface area contributed by atoms with Crippen LogP contribution >= 0.6 is 0 Å². The average Bonchev–Trinajstić information content (AvgIpc) is 2.15. The van der Waals surface area contributed by atoms with Crippen LogP contribution in [-0.4, -0.2) is 26.1 Å². The van der Waals surface area contributed by atoms with Crippen molar-refractivity contribution in [3.8, 4) is 5.75 Å². The molecule has 0 aliphatic carbocycles. The zero-order valence-electron chi connectivity index (χ0n) is 7.42. The normalized spacial score (nSPS) is 10.4. The summed E-state index contributed by atoms with van der Waals surface area (Å²) in [4.78, 5) is 22.6. The third-order valence-electron chi connectivity index (χ3n) is 1.67. The van der Waals surface area contributed by atoms with Gasteiger partial charge in [-0.05, 0) is 0 Å². The molecule has 0 aliphatic rings. The number of rotatable bonds is 3. The van der Waals surface area contributed by atoms with Crippen molar-refractivity contribution < 1.29 is 28.7 Å². The number of hydrogen-bond donors (Lipinski definition) is 2. The number of halogens is 2. The second kappa shape index (κ2) is 4.04. The lowest BCUT2D eigenvalue weighted by atomic mass is 10.1. The van der Waals surface area contributed by atoms with Crippen molar-refractivity contribution in [1.82, 2.24) is 4.98 Å². The molecule has 2 N–H and O–H groups in total. The number of carbonyl (C=O) groups is 1. The van der Waals surface area contributed by atoms with Crippen molar-refractivity contribution in [3.63, 3.8) is 0 Å². The highest BCUT2D eigenvalue weighted by Crippen LogP contribution is 2.37. The van der Waals surface area contributed by atoms with Gasteiger partial charge in [0.15, 0.2) is 5.69 Å². The average molecular weight is 234 g/mol. The van der Waals surface area contributed by atoms with E-state index in [1.165, 1.54) is 0 Å². The Morgan fingerprint density at radius 2 is 2.12 bits per heavy atom. The first-order valence-electron chi connectivity index (χ1n) is 3.74. The van der Waals surface area contributed by atoms with E-state index < -0.39 is 40.0 Å². The number of carboxylic acid groups (broad SMARTS) is 1. The largest absolute Gasteiger partial charge is 0.501 e. The maximum Gasteiger partial charge on any atom is 0.355 e. The number of alkyl halides is 2. The second-order valence-electron chi connectivity index (χ2n) is 2.62. The van der Waals surface area contributed by atoms with Crippen LogP contribution in [0.2, 0.25) is 0 Å². The molecule has 0 fully saturated rings. The zero-order chi connectivity index (χ0) is 12.5. The molecule has 0 spiro atoms. The van der Waals surface area contributed by atoms with Gasteiger partial charge >= 0.3 is 11.7 Å². The van der Waals surface area contributed by atoms with Crippen molar-refractivity contribution in [2.24, 2.45) is 0 Å². The first-order chi connectivity index (χ1) is 7.36. The summed E-state index contributed by atoms with van der Waals surface area (Å²) in [6.07, 6.45) is -2.99. The Bertz CT molecular complexity index is 462. The van der Waals surface area contributed by atoms with E-state index in [4.69, 9.17) is 10.2 Å². The maximum atomic E-state index is 12.5. The zero-order valence-corrected chi connectivity index (χ0v) is 7.42. The van der Waals surface area contributed by atoms with Gasteiger partial charge < -0.3 is 10.2 Å². The molecule has 1 aromatic rings. The van der Waals surface area contributed by atoms with E-state index in [9.17, 15) is 23.7 Å². The van der Waals surface area contributed by atoms with Crippen molar-refractivity contribution in [3.05, 3.63) is 27.6 Å². The molecule has 1 heterocycles. The van der Waals surface area contributed by atoms with Gasteiger partial charge in [-0.15, -0.1) is 0 Å². The minimum atomic E-state index is -3.42. The lowest BCUT2D eigenvalue weighted by Gasteiger charge is -2.05. The van der Waals surface area contributed by atoms with Crippen LogP contribution in [0.5, 0.6) is 5.75 Å². The summed E-state index contributed by atoms with van der Waals surface area (Å²) in [5.74, 6) is -2.94. The quantitative estimate of drug-likeness (QED) is 0.602. The number of hydrogen-bond acceptors (Lipinski definition) is 5. The molecule has 0 radical (unpaired) electrons. The Morgan fingerprint density at radius 1 is 1.56 bits per heavy atom. The van der Waals surface area contributed by atoms with Gasteiger partial charge in [0.25, 0.3) is 6.43 Å².